The van der Waals surface area contributed by atoms with Gasteiger partial charge < -0.3 is 0 Å². The fraction of sp³-hybridized carbons (Fsp3) is 0.250. The molecule has 2 aromatic heterocycles. The van der Waals surface area contributed by atoms with Gasteiger partial charge in [-0.05, 0) is 36.2 Å². The molecular weight excluding hydrogens is 312 g/mol. The van der Waals surface area contributed by atoms with E-state index in [1.807, 2.05) is 47.9 Å². The Morgan fingerprint density at radius 1 is 1.09 bits per heavy atom. The SMILES string of the molecule is CCc1ccc(S(=O)(=O)NCCc2nnc3ccccn23)cc1. The molecule has 0 saturated carbocycles. The van der Waals surface area contributed by atoms with Crippen LogP contribution in [-0.2, 0) is 22.9 Å². The standard InChI is InChI=1S/C16H18N4O2S/c1-2-13-6-8-14(9-7-13)23(21,22)17-11-10-16-19-18-15-5-3-4-12-20(15)16/h3-9,12,17H,2,10-11H2,1H3. The van der Waals surface area contributed by atoms with E-state index in [-0.39, 0.29) is 11.4 Å². The van der Waals surface area contributed by atoms with Gasteiger partial charge in [-0.3, -0.25) is 4.40 Å². The van der Waals surface area contributed by atoms with Gasteiger partial charge in [0.25, 0.3) is 0 Å². The van der Waals surface area contributed by atoms with E-state index in [0.717, 1.165) is 23.5 Å². The molecule has 2 heterocycles. The third-order valence-corrected chi connectivity index (χ3v) is 5.14. The molecule has 3 aromatic rings. The Kier molecular flexibility index (Phi) is 4.40. The van der Waals surface area contributed by atoms with E-state index in [2.05, 4.69) is 14.9 Å². The van der Waals surface area contributed by atoms with Crippen LogP contribution in [0.25, 0.3) is 5.65 Å². The summed E-state index contributed by atoms with van der Waals surface area (Å²) in [6.07, 6.45) is 3.22. The fourth-order valence-corrected chi connectivity index (χ4v) is 3.38. The average Bonchev–Trinajstić information content (AvgIpc) is 2.98. The first-order valence-electron chi connectivity index (χ1n) is 7.47. The van der Waals surface area contributed by atoms with Gasteiger partial charge in [0.1, 0.15) is 5.82 Å². The predicted octanol–water partition coefficient (Wildman–Crippen LogP) is 1.81. The van der Waals surface area contributed by atoms with Crippen LogP contribution in [0.4, 0.5) is 0 Å². The van der Waals surface area contributed by atoms with Crippen LogP contribution in [0.15, 0.2) is 53.6 Å². The van der Waals surface area contributed by atoms with Crippen molar-refractivity contribution in [1.82, 2.24) is 19.3 Å². The minimum absolute atomic E-state index is 0.271. The third-order valence-electron chi connectivity index (χ3n) is 3.67. The molecule has 0 bridgehead atoms. The lowest BCUT2D eigenvalue weighted by Gasteiger charge is -2.07. The number of pyridine rings is 1. The molecule has 0 unspecified atom stereocenters. The van der Waals surface area contributed by atoms with E-state index in [0.29, 0.717) is 6.42 Å². The van der Waals surface area contributed by atoms with Gasteiger partial charge in [0, 0.05) is 19.2 Å². The van der Waals surface area contributed by atoms with Crippen LogP contribution in [0.1, 0.15) is 18.3 Å². The first-order chi connectivity index (χ1) is 11.1. The molecule has 3 rings (SSSR count). The molecular formula is C16H18N4O2S. The average molecular weight is 330 g/mol. The van der Waals surface area contributed by atoms with Gasteiger partial charge in [-0.15, -0.1) is 10.2 Å². The van der Waals surface area contributed by atoms with Crippen molar-refractivity contribution in [3.05, 3.63) is 60.0 Å². The first-order valence-corrected chi connectivity index (χ1v) is 8.96. The molecule has 1 aromatic carbocycles. The second-order valence-corrected chi connectivity index (χ2v) is 6.96. The van der Waals surface area contributed by atoms with Gasteiger partial charge in [-0.2, -0.15) is 0 Å². The lowest BCUT2D eigenvalue weighted by atomic mass is 10.2. The highest BCUT2D eigenvalue weighted by molar-refractivity contribution is 7.89. The maximum Gasteiger partial charge on any atom is 0.240 e. The normalized spacial score (nSPS) is 11.9. The van der Waals surface area contributed by atoms with Crippen LogP contribution in [0, 0.1) is 0 Å². The summed E-state index contributed by atoms with van der Waals surface area (Å²) >= 11 is 0. The number of aryl methyl sites for hydroxylation is 1. The zero-order valence-corrected chi connectivity index (χ0v) is 13.6. The van der Waals surface area contributed by atoms with Crippen LogP contribution in [-0.4, -0.2) is 29.6 Å². The molecule has 0 radical (unpaired) electrons. The van der Waals surface area contributed by atoms with Gasteiger partial charge in [-0.25, -0.2) is 13.1 Å². The first kappa shape index (κ1) is 15.6. The molecule has 1 N–H and O–H groups in total. The Bertz CT molecular complexity index is 901. The quantitative estimate of drug-likeness (QED) is 0.748. The van der Waals surface area contributed by atoms with Gasteiger partial charge in [0.2, 0.25) is 10.0 Å². The molecule has 0 fully saturated rings. The number of sulfonamides is 1. The molecule has 0 aliphatic carbocycles. The number of rotatable bonds is 6. The van der Waals surface area contributed by atoms with E-state index in [4.69, 9.17) is 0 Å². The molecule has 0 aliphatic heterocycles. The summed E-state index contributed by atoms with van der Waals surface area (Å²) in [5.41, 5.74) is 1.86. The minimum atomic E-state index is -3.50. The highest BCUT2D eigenvalue weighted by Gasteiger charge is 2.14. The zero-order valence-electron chi connectivity index (χ0n) is 12.8. The van der Waals surface area contributed by atoms with E-state index >= 15 is 0 Å². The Morgan fingerprint density at radius 2 is 1.87 bits per heavy atom. The molecule has 0 amide bonds. The summed E-state index contributed by atoms with van der Waals surface area (Å²) in [6, 6.07) is 12.6. The van der Waals surface area contributed by atoms with Crippen LogP contribution in [0.5, 0.6) is 0 Å². The van der Waals surface area contributed by atoms with Crippen LogP contribution in [0.2, 0.25) is 0 Å². The highest BCUT2D eigenvalue weighted by atomic mass is 32.2. The number of hydrogen-bond acceptors (Lipinski definition) is 4. The second kappa shape index (κ2) is 6.47. The smallest absolute Gasteiger partial charge is 0.240 e. The van der Waals surface area contributed by atoms with Crippen molar-refractivity contribution in [2.75, 3.05) is 6.54 Å². The van der Waals surface area contributed by atoms with E-state index < -0.39 is 10.0 Å². The summed E-state index contributed by atoms with van der Waals surface area (Å²) in [4.78, 5) is 0.279. The molecule has 0 aliphatic rings. The van der Waals surface area contributed by atoms with Crippen molar-refractivity contribution < 1.29 is 8.42 Å². The molecule has 0 spiro atoms. The maximum atomic E-state index is 12.3. The highest BCUT2D eigenvalue weighted by Crippen LogP contribution is 2.11. The second-order valence-electron chi connectivity index (χ2n) is 5.19. The minimum Gasteiger partial charge on any atom is -0.286 e. The largest absolute Gasteiger partial charge is 0.286 e. The Hall–Kier alpha value is -2.25. The summed E-state index contributed by atoms with van der Waals surface area (Å²) in [6.45, 7) is 2.30. The van der Waals surface area contributed by atoms with E-state index in [1.165, 1.54) is 0 Å². The van der Waals surface area contributed by atoms with Crippen molar-refractivity contribution >= 4 is 15.7 Å². The topological polar surface area (TPSA) is 76.4 Å². The number of fused-ring (bicyclic) bond motifs is 1. The van der Waals surface area contributed by atoms with Crippen LogP contribution < -0.4 is 4.72 Å². The summed E-state index contributed by atoms with van der Waals surface area (Å²) in [7, 11) is -3.50. The van der Waals surface area contributed by atoms with Crippen molar-refractivity contribution in [3.63, 3.8) is 0 Å². The monoisotopic (exact) mass is 330 g/mol. The molecule has 6 nitrogen and oxygen atoms in total. The molecule has 7 heteroatoms. The van der Waals surface area contributed by atoms with Crippen LogP contribution >= 0.6 is 0 Å². The number of aromatic nitrogens is 3. The van der Waals surface area contributed by atoms with Crippen molar-refractivity contribution in [1.29, 1.82) is 0 Å². The Balaban J connectivity index is 1.67. The van der Waals surface area contributed by atoms with Gasteiger partial charge in [0.05, 0.1) is 4.90 Å². The predicted molar refractivity (Wildman–Crippen MR) is 87.7 cm³/mol. The number of hydrogen-bond donors (Lipinski definition) is 1. The van der Waals surface area contributed by atoms with Crippen molar-refractivity contribution in [2.45, 2.75) is 24.7 Å². The third kappa shape index (κ3) is 3.40. The van der Waals surface area contributed by atoms with E-state index in [9.17, 15) is 8.42 Å². The number of nitrogens with zero attached hydrogens (tertiary/aromatic N) is 3. The fourth-order valence-electron chi connectivity index (χ4n) is 2.35. The molecule has 120 valence electrons. The van der Waals surface area contributed by atoms with Gasteiger partial charge in [-0.1, -0.05) is 25.1 Å². The van der Waals surface area contributed by atoms with Crippen molar-refractivity contribution in [3.8, 4) is 0 Å². The lowest BCUT2D eigenvalue weighted by Crippen LogP contribution is -2.26. The zero-order chi connectivity index (χ0) is 16.3. The summed E-state index contributed by atoms with van der Waals surface area (Å²) in [5.74, 6) is 0.727. The molecule has 0 atom stereocenters. The number of nitrogens with one attached hydrogen (secondary N) is 1. The van der Waals surface area contributed by atoms with E-state index in [1.54, 1.807) is 12.1 Å². The maximum absolute atomic E-state index is 12.3. The van der Waals surface area contributed by atoms with Crippen molar-refractivity contribution in [2.24, 2.45) is 0 Å². The van der Waals surface area contributed by atoms with Crippen LogP contribution in [0.3, 0.4) is 0 Å². The van der Waals surface area contributed by atoms with Gasteiger partial charge in [0.15, 0.2) is 5.65 Å². The molecule has 23 heavy (non-hydrogen) atoms. The Morgan fingerprint density at radius 3 is 2.61 bits per heavy atom. The lowest BCUT2D eigenvalue weighted by molar-refractivity contribution is 0.580. The number of benzene rings is 1. The Labute approximate surface area is 135 Å². The van der Waals surface area contributed by atoms with Gasteiger partial charge >= 0.3 is 0 Å². The molecule has 0 saturated heterocycles. The summed E-state index contributed by atoms with van der Waals surface area (Å²) < 4.78 is 29.0. The summed E-state index contributed by atoms with van der Waals surface area (Å²) in [5, 5.41) is 8.14.